The number of rotatable bonds is 8. The lowest BCUT2D eigenvalue weighted by atomic mass is 9.82. The van der Waals surface area contributed by atoms with Crippen molar-refractivity contribution in [2.45, 2.75) is 19.3 Å². The molecule has 0 spiro atoms. The van der Waals surface area contributed by atoms with Crippen molar-refractivity contribution in [1.82, 2.24) is 4.57 Å². The summed E-state index contributed by atoms with van der Waals surface area (Å²) in [5.41, 5.74) is 15.6. The first-order valence-electron chi connectivity index (χ1n) is 22.0. The van der Waals surface area contributed by atoms with Gasteiger partial charge >= 0.3 is 0 Å². The Morgan fingerprint density at radius 1 is 0.400 bits per heavy atom. The van der Waals surface area contributed by atoms with Crippen molar-refractivity contribution in [3.05, 3.63) is 222 Å². The van der Waals surface area contributed by atoms with E-state index in [2.05, 4.69) is 239 Å². The van der Waals surface area contributed by atoms with E-state index in [1.165, 1.54) is 69.8 Å². The first-order valence-corrected chi connectivity index (χ1v) is 24.6. The minimum Gasteiger partial charge on any atom is -0.309 e. The summed E-state index contributed by atoms with van der Waals surface area (Å²) in [6, 6.07) is 74.4. The van der Waals surface area contributed by atoms with Gasteiger partial charge in [-0.25, -0.2) is 0 Å². The van der Waals surface area contributed by atoms with Crippen LogP contribution >= 0.6 is 34.0 Å². The molecule has 4 aromatic heterocycles. The summed E-state index contributed by atoms with van der Waals surface area (Å²) >= 11 is 5.40. The molecule has 65 heavy (non-hydrogen) atoms. The Kier molecular flexibility index (Phi) is 8.79. The molecule has 0 amide bonds. The average Bonchev–Trinajstić information content (AvgIpc) is 4.21. The molecule has 1 aliphatic rings. The van der Waals surface area contributed by atoms with Crippen LogP contribution in [0.3, 0.4) is 0 Å². The second kappa shape index (κ2) is 14.9. The van der Waals surface area contributed by atoms with Crippen LogP contribution < -0.4 is 9.80 Å². The Hall–Kier alpha value is -7.22. The molecule has 0 saturated carbocycles. The summed E-state index contributed by atoms with van der Waals surface area (Å²) < 4.78 is 5.00. The third kappa shape index (κ3) is 6.13. The molecule has 0 saturated heterocycles. The number of hydrogen-bond donors (Lipinski definition) is 0. The average molecular weight is 888 g/mol. The fourth-order valence-corrected chi connectivity index (χ4v) is 12.9. The van der Waals surface area contributed by atoms with Gasteiger partial charge in [0.1, 0.15) is 0 Å². The third-order valence-electron chi connectivity index (χ3n) is 13.3. The molecule has 0 bridgehead atoms. The topological polar surface area (TPSA) is 11.4 Å². The van der Waals surface area contributed by atoms with Crippen molar-refractivity contribution < 1.29 is 0 Å². The number of benzene rings is 8. The SMILES string of the molecule is CC1(C)c2ccccc2-c2ccc(N(c3cc(-c4ccc5c(c4)c4ccccc4n5-c4ccccc4)cc(N(c4ccc5sc6ccccc6c5c4)c4cccs4)c3)c3cccs3)cc21. The van der Waals surface area contributed by atoms with Crippen LogP contribution in [0.4, 0.5) is 32.8 Å². The Morgan fingerprint density at radius 2 is 1.03 bits per heavy atom. The largest absolute Gasteiger partial charge is 0.309 e. The smallest absolute Gasteiger partial charge is 0.0999 e. The molecule has 0 N–H and O–H groups in total. The van der Waals surface area contributed by atoms with Crippen LogP contribution in [0.15, 0.2) is 211 Å². The van der Waals surface area contributed by atoms with Crippen molar-refractivity contribution in [2.24, 2.45) is 0 Å². The van der Waals surface area contributed by atoms with Gasteiger partial charge < -0.3 is 14.4 Å². The van der Waals surface area contributed by atoms with E-state index < -0.39 is 0 Å². The standard InChI is InChI=1S/C59H41N3S3/c1-59(2)51-19-9-6-16-45(51)46-27-25-42(37-52(46)59)61(58-23-13-31-64-58)44-33-39(38-24-28-54-49(34-38)47-17-7-10-20-53(47)62(54)40-14-4-3-5-15-40)32-43(35-44)60(57-22-12-30-63-57)41-26-29-56-50(36-41)48-18-8-11-21-55(48)65-56/h3-37H,1-2H3. The first kappa shape index (κ1) is 38.3. The fraction of sp³-hybridized carbons (Fsp3) is 0.0508. The molecule has 0 radical (unpaired) electrons. The minimum atomic E-state index is -0.134. The van der Waals surface area contributed by atoms with E-state index in [0.29, 0.717) is 0 Å². The normalized spacial score (nSPS) is 12.9. The minimum absolute atomic E-state index is 0.134. The predicted octanol–water partition coefficient (Wildman–Crippen LogP) is 18.2. The van der Waals surface area contributed by atoms with E-state index in [-0.39, 0.29) is 5.41 Å². The van der Waals surface area contributed by atoms with Gasteiger partial charge in [0.05, 0.1) is 21.0 Å². The Labute approximate surface area is 390 Å². The molecule has 0 aliphatic heterocycles. The zero-order valence-corrected chi connectivity index (χ0v) is 38.2. The number of hydrogen-bond acceptors (Lipinski definition) is 5. The Morgan fingerprint density at radius 3 is 1.80 bits per heavy atom. The molecule has 4 heterocycles. The van der Waals surface area contributed by atoms with Gasteiger partial charge in [-0.15, -0.1) is 34.0 Å². The molecule has 0 atom stereocenters. The zero-order valence-electron chi connectivity index (χ0n) is 35.8. The van der Waals surface area contributed by atoms with Crippen LogP contribution in [0, 0.1) is 0 Å². The number of anilines is 6. The first-order chi connectivity index (χ1) is 32.0. The number of aromatic nitrogens is 1. The van der Waals surface area contributed by atoms with Crippen LogP contribution in [0.25, 0.3) is 69.9 Å². The van der Waals surface area contributed by atoms with Gasteiger partial charge in [-0.2, -0.15) is 0 Å². The summed E-state index contributed by atoms with van der Waals surface area (Å²) in [6.45, 7) is 4.74. The lowest BCUT2D eigenvalue weighted by Gasteiger charge is -2.30. The van der Waals surface area contributed by atoms with Gasteiger partial charge in [-0.1, -0.05) is 105 Å². The molecule has 310 valence electrons. The van der Waals surface area contributed by atoms with E-state index in [1.807, 2.05) is 11.3 Å². The molecule has 1 aliphatic carbocycles. The molecular formula is C59H41N3S3. The van der Waals surface area contributed by atoms with Gasteiger partial charge in [0.2, 0.25) is 0 Å². The van der Waals surface area contributed by atoms with E-state index in [1.54, 1.807) is 22.7 Å². The highest BCUT2D eigenvalue weighted by Gasteiger charge is 2.36. The maximum atomic E-state index is 2.47. The van der Waals surface area contributed by atoms with Crippen LogP contribution in [0.5, 0.6) is 0 Å². The molecule has 13 rings (SSSR count). The monoisotopic (exact) mass is 887 g/mol. The summed E-state index contributed by atoms with van der Waals surface area (Å²) in [4.78, 5) is 4.93. The van der Waals surface area contributed by atoms with Crippen molar-refractivity contribution >= 4 is 109 Å². The zero-order chi connectivity index (χ0) is 43.2. The van der Waals surface area contributed by atoms with Gasteiger partial charge in [-0.05, 0) is 153 Å². The second-order valence-electron chi connectivity index (χ2n) is 17.4. The van der Waals surface area contributed by atoms with E-state index in [0.717, 1.165) is 44.0 Å². The fourth-order valence-electron chi connectivity index (χ4n) is 10.3. The molecule has 8 aromatic carbocycles. The quantitative estimate of drug-likeness (QED) is 0.151. The number of nitrogens with zero attached hydrogens (tertiary/aromatic N) is 3. The lowest BCUT2D eigenvalue weighted by molar-refractivity contribution is 0.660. The lowest BCUT2D eigenvalue weighted by Crippen LogP contribution is -2.16. The highest BCUT2D eigenvalue weighted by Crippen LogP contribution is 2.52. The molecule has 0 unspecified atom stereocenters. The Bertz CT molecular complexity index is 3760. The second-order valence-corrected chi connectivity index (χ2v) is 20.3. The van der Waals surface area contributed by atoms with Gasteiger partial charge in [0.15, 0.2) is 0 Å². The van der Waals surface area contributed by atoms with Crippen molar-refractivity contribution in [3.63, 3.8) is 0 Å². The molecule has 0 fully saturated rings. The van der Waals surface area contributed by atoms with Crippen LogP contribution in [0.1, 0.15) is 25.0 Å². The van der Waals surface area contributed by atoms with Gasteiger partial charge in [0.25, 0.3) is 0 Å². The number of para-hydroxylation sites is 2. The molecule has 3 nitrogen and oxygen atoms in total. The highest BCUT2D eigenvalue weighted by atomic mass is 32.1. The van der Waals surface area contributed by atoms with E-state index in [9.17, 15) is 0 Å². The van der Waals surface area contributed by atoms with Crippen molar-refractivity contribution in [1.29, 1.82) is 0 Å². The number of fused-ring (bicyclic) bond motifs is 9. The highest BCUT2D eigenvalue weighted by molar-refractivity contribution is 7.25. The van der Waals surface area contributed by atoms with E-state index >= 15 is 0 Å². The maximum Gasteiger partial charge on any atom is 0.0999 e. The number of thiophene rings is 3. The van der Waals surface area contributed by atoms with Gasteiger partial charge in [0, 0.05) is 64.8 Å². The van der Waals surface area contributed by atoms with Crippen molar-refractivity contribution in [2.75, 3.05) is 9.80 Å². The molecular weight excluding hydrogens is 847 g/mol. The van der Waals surface area contributed by atoms with Crippen LogP contribution in [-0.4, -0.2) is 4.57 Å². The van der Waals surface area contributed by atoms with Crippen molar-refractivity contribution in [3.8, 4) is 27.9 Å². The Balaban J connectivity index is 1.06. The van der Waals surface area contributed by atoms with Crippen LogP contribution in [0.2, 0.25) is 0 Å². The summed E-state index contributed by atoms with van der Waals surface area (Å²) in [5, 5.41) is 11.7. The summed E-state index contributed by atoms with van der Waals surface area (Å²) in [7, 11) is 0. The summed E-state index contributed by atoms with van der Waals surface area (Å²) in [5.74, 6) is 0. The van der Waals surface area contributed by atoms with Gasteiger partial charge in [-0.3, -0.25) is 0 Å². The molecule has 12 aromatic rings. The maximum absolute atomic E-state index is 2.47. The molecule has 6 heteroatoms. The third-order valence-corrected chi connectivity index (χ3v) is 16.2. The van der Waals surface area contributed by atoms with Crippen LogP contribution in [-0.2, 0) is 5.41 Å². The summed E-state index contributed by atoms with van der Waals surface area (Å²) in [6.07, 6.45) is 0. The predicted molar refractivity (Wildman–Crippen MR) is 282 cm³/mol. The van der Waals surface area contributed by atoms with E-state index in [4.69, 9.17) is 0 Å².